The molecule has 0 aromatic rings. The second-order valence-corrected chi connectivity index (χ2v) is 10.9. The number of ether oxygens (including phenoxy) is 1. The van der Waals surface area contributed by atoms with Gasteiger partial charge in [-0.05, 0) is 78.4 Å². The number of hydrogen-bond acceptors (Lipinski definition) is 5. The molecule has 1 saturated carbocycles. The molecule has 0 amide bonds. The molecule has 0 radical (unpaired) electrons. The van der Waals surface area contributed by atoms with E-state index in [-0.39, 0.29) is 6.04 Å². The molecule has 0 spiro atoms. The molecular weight excluding hydrogens is 338 g/mol. The molecule has 0 aromatic heterocycles. The summed E-state index contributed by atoms with van der Waals surface area (Å²) in [7, 11) is -3.23. The largest absolute Gasteiger partial charge is 0.379 e. The first-order valence-corrected chi connectivity index (χ1v) is 11.3. The van der Waals surface area contributed by atoms with Crippen LogP contribution in [0.15, 0.2) is 0 Å². The van der Waals surface area contributed by atoms with Gasteiger partial charge in [-0.15, -0.1) is 0 Å². The summed E-state index contributed by atoms with van der Waals surface area (Å²) in [5.41, 5.74) is 0. The highest BCUT2D eigenvalue weighted by Gasteiger charge is 2.32. The minimum Gasteiger partial charge on any atom is -0.379 e. The highest BCUT2D eigenvalue weighted by molar-refractivity contribution is 7.90. The average molecular weight is 376 g/mol. The van der Waals surface area contributed by atoms with Gasteiger partial charge < -0.3 is 10.1 Å². The Balaban J connectivity index is 1.55. The Hall–Kier alpha value is -0.210. The van der Waals surface area contributed by atoms with Crippen molar-refractivity contribution < 1.29 is 13.2 Å². The van der Waals surface area contributed by atoms with E-state index in [1.807, 2.05) is 0 Å². The molecule has 0 unspecified atom stereocenters. The summed E-state index contributed by atoms with van der Waals surface area (Å²) in [6, 6.07) is 0.113. The molecule has 7 heteroatoms. The van der Waals surface area contributed by atoms with Crippen LogP contribution in [0, 0.1) is 5.92 Å². The summed E-state index contributed by atoms with van der Waals surface area (Å²) in [5, 5.41) is 3.59. The van der Waals surface area contributed by atoms with E-state index in [2.05, 4.69) is 14.9 Å². The molecule has 0 aromatic carbocycles. The van der Waals surface area contributed by atoms with Gasteiger partial charge in [0, 0.05) is 19.1 Å². The second-order valence-electron chi connectivity index (χ2n) is 8.46. The first-order valence-electron chi connectivity index (χ1n) is 9.80. The van der Waals surface area contributed by atoms with Crippen LogP contribution in [0.4, 0.5) is 0 Å². The summed E-state index contributed by atoms with van der Waals surface area (Å²) in [6.07, 6.45) is 5.30. The third-order valence-corrected chi connectivity index (χ3v) is 7.60. The molecule has 25 heavy (non-hydrogen) atoms. The Kier molecular flexibility index (Phi) is 8.14. The summed E-state index contributed by atoms with van der Waals surface area (Å²) in [6.45, 7) is 12.4. The third-order valence-electron chi connectivity index (χ3n) is 5.34. The lowest BCUT2D eigenvalue weighted by molar-refractivity contribution is 0.0374. The number of morpholine rings is 1. The fourth-order valence-corrected chi connectivity index (χ4v) is 4.47. The molecule has 0 atom stereocenters. The quantitative estimate of drug-likeness (QED) is 0.630. The third kappa shape index (κ3) is 7.13. The zero-order chi connectivity index (χ0) is 18.3. The molecule has 148 valence electrons. The molecule has 6 nitrogen and oxygen atoms in total. The zero-order valence-corrected chi connectivity index (χ0v) is 17.0. The first kappa shape index (κ1) is 21.1. The standard InChI is InChI=1S/C18H37N3O3S/c1-18(2,3)25(22,23)20-17-7-5-16(6-8-17)15-19-9-4-10-21-11-13-24-14-12-21/h16-17,19-20H,4-15H2,1-3H3. The van der Waals surface area contributed by atoms with Crippen LogP contribution in [0.2, 0.25) is 0 Å². The monoisotopic (exact) mass is 375 g/mol. The lowest BCUT2D eigenvalue weighted by Gasteiger charge is -2.31. The molecule has 1 saturated heterocycles. The summed E-state index contributed by atoms with van der Waals surface area (Å²) in [5.74, 6) is 0.679. The maximum atomic E-state index is 12.2. The van der Waals surface area contributed by atoms with E-state index in [4.69, 9.17) is 4.74 Å². The molecule has 2 N–H and O–H groups in total. The topological polar surface area (TPSA) is 70.7 Å². The van der Waals surface area contributed by atoms with E-state index in [0.717, 1.165) is 71.6 Å². The van der Waals surface area contributed by atoms with Gasteiger partial charge in [0.05, 0.1) is 18.0 Å². The van der Waals surface area contributed by atoms with Crippen molar-refractivity contribution in [2.45, 2.75) is 63.7 Å². The van der Waals surface area contributed by atoms with Crippen molar-refractivity contribution in [3.05, 3.63) is 0 Å². The fourth-order valence-electron chi connectivity index (χ4n) is 3.44. The summed E-state index contributed by atoms with van der Waals surface area (Å²) >= 11 is 0. The second kappa shape index (κ2) is 9.65. The number of nitrogens with zero attached hydrogens (tertiary/aromatic N) is 1. The zero-order valence-electron chi connectivity index (χ0n) is 16.2. The van der Waals surface area contributed by atoms with E-state index in [1.54, 1.807) is 20.8 Å². The van der Waals surface area contributed by atoms with Gasteiger partial charge in [-0.1, -0.05) is 0 Å². The normalized spacial score (nSPS) is 26.7. The van der Waals surface area contributed by atoms with Gasteiger partial charge in [-0.2, -0.15) is 0 Å². The van der Waals surface area contributed by atoms with Crippen molar-refractivity contribution in [1.29, 1.82) is 0 Å². The van der Waals surface area contributed by atoms with E-state index < -0.39 is 14.8 Å². The van der Waals surface area contributed by atoms with Crippen molar-refractivity contribution in [1.82, 2.24) is 14.9 Å². The van der Waals surface area contributed by atoms with Crippen molar-refractivity contribution in [2.24, 2.45) is 5.92 Å². The smallest absolute Gasteiger partial charge is 0.216 e. The lowest BCUT2D eigenvalue weighted by atomic mass is 9.86. The van der Waals surface area contributed by atoms with Crippen LogP contribution < -0.4 is 10.0 Å². The molecule has 1 aliphatic carbocycles. The number of rotatable bonds is 8. The minimum absolute atomic E-state index is 0.113. The molecule has 1 aliphatic heterocycles. The van der Waals surface area contributed by atoms with Gasteiger partial charge in [0.25, 0.3) is 0 Å². The van der Waals surface area contributed by atoms with Gasteiger partial charge in [0.2, 0.25) is 10.0 Å². The Morgan fingerprint density at radius 2 is 1.72 bits per heavy atom. The van der Waals surface area contributed by atoms with Crippen LogP contribution in [-0.4, -0.2) is 70.0 Å². The average Bonchev–Trinajstić information content (AvgIpc) is 2.56. The van der Waals surface area contributed by atoms with Crippen LogP contribution in [0.1, 0.15) is 52.9 Å². The highest BCUT2D eigenvalue weighted by Crippen LogP contribution is 2.25. The Labute approximate surface area is 154 Å². The van der Waals surface area contributed by atoms with Crippen LogP contribution in [0.3, 0.4) is 0 Å². The van der Waals surface area contributed by atoms with Gasteiger partial charge in [0.1, 0.15) is 0 Å². The minimum atomic E-state index is -3.23. The maximum Gasteiger partial charge on any atom is 0.216 e. The molecule has 2 rings (SSSR count). The van der Waals surface area contributed by atoms with E-state index in [9.17, 15) is 8.42 Å². The van der Waals surface area contributed by atoms with E-state index in [1.165, 1.54) is 6.42 Å². The fraction of sp³-hybridized carbons (Fsp3) is 1.00. The van der Waals surface area contributed by atoms with E-state index in [0.29, 0.717) is 5.92 Å². The number of sulfonamides is 1. The van der Waals surface area contributed by atoms with Crippen LogP contribution >= 0.6 is 0 Å². The lowest BCUT2D eigenvalue weighted by Crippen LogP contribution is -2.46. The van der Waals surface area contributed by atoms with Crippen molar-refractivity contribution in [2.75, 3.05) is 45.9 Å². The molecule has 2 aliphatic rings. The van der Waals surface area contributed by atoms with Crippen molar-refractivity contribution in [3.63, 3.8) is 0 Å². The molecular formula is C18H37N3O3S. The maximum absolute atomic E-state index is 12.2. The summed E-state index contributed by atoms with van der Waals surface area (Å²) in [4.78, 5) is 2.47. The van der Waals surface area contributed by atoms with Crippen LogP contribution in [-0.2, 0) is 14.8 Å². The number of nitrogens with one attached hydrogen (secondary N) is 2. The summed E-state index contributed by atoms with van der Waals surface area (Å²) < 4.78 is 32.0. The van der Waals surface area contributed by atoms with Gasteiger partial charge >= 0.3 is 0 Å². The Morgan fingerprint density at radius 1 is 1.08 bits per heavy atom. The van der Waals surface area contributed by atoms with Crippen molar-refractivity contribution >= 4 is 10.0 Å². The van der Waals surface area contributed by atoms with Crippen LogP contribution in [0.5, 0.6) is 0 Å². The molecule has 0 bridgehead atoms. The molecule has 1 heterocycles. The van der Waals surface area contributed by atoms with E-state index >= 15 is 0 Å². The van der Waals surface area contributed by atoms with Gasteiger partial charge in [-0.25, -0.2) is 13.1 Å². The Morgan fingerprint density at radius 3 is 2.32 bits per heavy atom. The van der Waals surface area contributed by atoms with Crippen molar-refractivity contribution in [3.8, 4) is 0 Å². The predicted molar refractivity (Wildman–Crippen MR) is 102 cm³/mol. The highest BCUT2D eigenvalue weighted by atomic mass is 32.2. The number of hydrogen-bond donors (Lipinski definition) is 2. The van der Waals surface area contributed by atoms with Crippen LogP contribution in [0.25, 0.3) is 0 Å². The first-order chi connectivity index (χ1) is 11.8. The molecule has 2 fully saturated rings. The van der Waals surface area contributed by atoms with Gasteiger partial charge in [-0.3, -0.25) is 4.90 Å². The SMILES string of the molecule is CC(C)(C)S(=O)(=O)NC1CCC(CNCCCN2CCOCC2)CC1. The predicted octanol–water partition coefficient (Wildman–Crippen LogP) is 1.58. The Bertz CT molecular complexity index is 476. The van der Waals surface area contributed by atoms with Gasteiger partial charge in [0.15, 0.2) is 0 Å².